The van der Waals surface area contributed by atoms with E-state index in [1.807, 2.05) is 12.1 Å². The Morgan fingerprint density at radius 2 is 1.90 bits per heavy atom. The Balaban J connectivity index is 2.01. The summed E-state index contributed by atoms with van der Waals surface area (Å²) in [6, 6.07) is 14.8. The number of hydrogen-bond donors (Lipinski definition) is 1. The zero-order valence-electron chi connectivity index (χ0n) is 11.6. The number of ether oxygens (including phenoxy) is 1. The Hall–Kier alpha value is -2.29. The topological polar surface area (TPSA) is 38.3 Å². The van der Waals surface area contributed by atoms with E-state index in [0.717, 1.165) is 0 Å². The average molecular weight is 267 g/mol. The van der Waals surface area contributed by atoms with E-state index in [4.69, 9.17) is 4.74 Å². The van der Waals surface area contributed by atoms with Crippen molar-refractivity contribution in [3.63, 3.8) is 0 Å². The Kier molecular flexibility index (Phi) is 3.18. The fourth-order valence-electron chi connectivity index (χ4n) is 2.83. The van der Waals surface area contributed by atoms with Gasteiger partial charge in [-0.15, -0.1) is 0 Å². The number of benzene rings is 2. The van der Waals surface area contributed by atoms with Gasteiger partial charge in [0.15, 0.2) is 0 Å². The molecule has 3 nitrogen and oxygen atoms in total. The number of hydrogen-bond acceptors (Lipinski definition) is 2. The highest BCUT2D eigenvalue weighted by Crippen LogP contribution is 2.44. The van der Waals surface area contributed by atoms with Crippen molar-refractivity contribution in [2.24, 2.45) is 0 Å². The minimum absolute atomic E-state index is 0.124. The smallest absolute Gasteiger partial charge is 0.406 e. The first-order valence-electron chi connectivity index (χ1n) is 6.75. The van der Waals surface area contributed by atoms with Crippen molar-refractivity contribution >= 4 is 6.09 Å². The molecule has 0 aromatic heterocycles. The monoisotopic (exact) mass is 267 g/mol. The van der Waals surface area contributed by atoms with Crippen molar-refractivity contribution in [3.05, 3.63) is 59.2 Å². The summed E-state index contributed by atoms with van der Waals surface area (Å²) < 4.78 is 5.27. The van der Waals surface area contributed by atoms with E-state index in [9.17, 15) is 4.79 Å². The number of carbonyl (C=O) groups excluding carboxylic acids is 1. The number of amides is 1. The summed E-state index contributed by atoms with van der Waals surface area (Å²) in [6.45, 7) is 2.46. The van der Waals surface area contributed by atoms with Crippen LogP contribution in [-0.4, -0.2) is 19.7 Å². The van der Waals surface area contributed by atoms with Gasteiger partial charge in [0.1, 0.15) is 6.61 Å². The zero-order valence-corrected chi connectivity index (χ0v) is 11.6. The quantitative estimate of drug-likeness (QED) is 0.905. The van der Waals surface area contributed by atoms with Crippen molar-refractivity contribution in [1.82, 2.24) is 5.32 Å². The zero-order chi connectivity index (χ0) is 14.1. The lowest BCUT2D eigenvalue weighted by Gasteiger charge is -2.13. The Bertz CT molecular complexity index is 664. The molecule has 0 saturated heterocycles. The molecule has 20 heavy (non-hydrogen) atoms. The fourth-order valence-corrected chi connectivity index (χ4v) is 2.83. The van der Waals surface area contributed by atoms with Gasteiger partial charge in [0.25, 0.3) is 0 Å². The first-order chi connectivity index (χ1) is 9.70. The number of alkyl carbamates (subject to hydrolysis) is 1. The van der Waals surface area contributed by atoms with E-state index >= 15 is 0 Å². The lowest BCUT2D eigenvalue weighted by molar-refractivity contribution is 0.145. The third-order valence-corrected chi connectivity index (χ3v) is 3.80. The molecule has 3 rings (SSSR count). The Morgan fingerprint density at radius 1 is 1.15 bits per heavy atom. The van der Waals surface area contributed by atoms with E-state index in [2.05, 4.69) is 42.6 Å². The van der Waals surface area contributed by atoms with E-state index in [-0.39, 0.29) is 12.0 Å². The minimum Gasteiger partial charge on any atom is -0.449 e. The number of rotatable bonds is 2. The third-order valence-electron chi connectivity index (χ3n) is 3.80. The maximum atomic E-state index is 11.3. The summed E-state index contributed by atoms with van der Waals surface area (Å²) in [7, 11) is 1.57. The average Bonchev–Trinajstić information content (AvgIpc) is 2.78. The van der Waals surface area contributed by atoms with Gasteiger partial charge in [-0.1, -0.05) is 48.0 Å². The highest BCUT2D eigenvalue weighted by molar-refractivity contribution is 5.79. The highest BCUT2D eigenvalue weighted by atomic mass is 16.5. The first kappa shape index (κ1) is 12.7. The van der Waals surface area contributed by atoms with Crippen LogP contribution in [0.5, 0.6) is 0 Å². The molecule has 3 heteroatoms. The summed E-state index contributed by atoms with van der Waals surface area (Å²) in [4.78, 5) is 11.3. The number of carbonyl (C=O) groups is 1. The van der Waals surface area contributed by atoms with Crippen LogP contribution < -0.4 is 5.32 Å². The van der Waals surface area contributed by atoms with Gasteiger partial charge in [0.05, 0.1) is 0 Å². The van der Waals surface area contributed by atoms with Gasteiger partial charge in [-0.05, 0) is 29.2 Å². The molecule has 2 aromatic rings. The van der Waals surface area contributed by atoms with Gasteiger partial charge in [0.2, 0.25) is 0 Å². The standard InChI is InChI=1S/C17H17NO2/c1-11-7-8-14-15(9-11)12-5-3-4-6-13(12)16(14)10-20-17(19)18-2/h3-9,16H,10H2,1-2H3,(H,18,19). The SMILES string of the molecule is CNC(=O)OCC1c2ccccc2-c2cc(C)ccc21. The molecule has 102 valence electrons. The second kappa shape index (κ2) is 5.00. The second-order valence-electron chi connectivity index (χ2n) is 5.08. The summed E-state index contributed by atoms with van der Waals surface area (Å²) in [6.07, 6.45) is -0.386. The molecule has 1 unspecified atom stereocenters. The van der Waals surface area contributed by atoms with Crippen molar-refractivity contribution in [3.8, 4) is 11.1 Å². The fraction of sp³-hybridized carbons (Fsp3) is 0.235. The number of nitrogens with one attached hydrogen (secondary N) is 1. The van der Waals surface area contributed by atoms with E-state index in [1.165, 1.54) is 27.8 Å². The minimum atomic E-state index is -0.386. The van der Waals surface area contributed by atoms with Crippen molar-refractivity contribution < 1.29 is 9.53 Å². The maximum absolute atomic E-state index is 11.3. The summed E-state index contributed by atoms with van der Waals surface area (Å²) >= 11 is 0. The largest absolute Gasteiger partial charge is 0.449 e. The van der Waals surface area contributed by atoms with Crippen molar-refractivity contribution in [2.75, 3.05) is 13.7 Å². The molecule has 0 heterocycles. The van der Waals surface area contributed by atoms with Crippen LogP contribution in [0.1, 0.15) is 22.6 Å². The lowest BCUT2D eigenvalue weighted by atomic mass is 9.97. The maximum Gasteiger partial charge on any atom is 0.406 e. The van der Waals surface area contributed by atoms with Crippen LogP contribution in [0.15, 0.2) is 42.5 Å². The molecule has 0 bridgehead atoms. The van der Waals surface area contributed by atoms with Gasteiger partial charge in [-0.2, -0.15) is 0 Å². The van der Waals surface area contributed by atoms with Crippen LogP contribution in [-0.2, 0) is 4.74 Å². The second-order valence-corrected chi connectivity index (χ2v) is 5.08. The van der Waals surface area contributed by atoms with Crippen molar-refractivity contribution in [2.45, 2.75) is 12.8 Å². The molecule has 2 aromatic carbocycles. The summed E-state index contributed by atoms with van der Waals surface area (Å²) in [5, 5.41) is 2.48. The normalized spacial score (nSPS) is 15.4. The van der Waals surface area contributed by atoms with Crippen LogP contribution in [0.3, 0.4) is 0 Å². The summed E-state index contributed by atoms with van der Waals surface area (Å²) in [5.74, 6) is 0.124. The Morgan fingerprint density at radius 3 is 2.70 bits per heavy atom. The molecule has 0 spiro atoms. The van der Waals surface area contributed by atoms with Crippen LogP contribution >= 0.6 is 0 Å². The van der Waals surface area contributed by atoms with Gasteiger partial charge in [-0.3, -0.25) is 0 Å². The molecule has 1 atom stereocenters. The highest BCUT2D eigenvalue weighted by Gasteiger charge is 2.29. The van der Waals surface area contributed by atoms with Crippen LogP contribution in [0.25, 0.3) is 11.1 Å². The molecule has 1 N–H and O–H groups in total. The van der Waals surface area contributed by atoms with Gasteiger partial charge < -0.3 is 10.1 Å². The van der Waals surface area contributed by atoms with Crippen LogP contribution in [0.2, 0.25) is 0 Å². The Labute approximate surface area is 118 Å². The predicted octanol–water partition coefficient (Wildman–Crippen LogP) is 3.46. The van der Waals surface area contributed by atoms with Crippen molar-refractivity contribution in [1.29, 1.82) is 0 Å². The molecule has 1 amide bonds. The molecular weight excluding hydrogens is 250 g/mol. The molecular formula is C17H17NO2. The molecule has 0 radical (unpaired) electrons. The van der Waals surface area contributed by atoms with Gasteiger partial charge in [-0.25, -0.2) is 4.79 Å². The lowest BCUT2D eigenvalue weighted by Crippen LogP contribution is -2.22. The van der Waals surface area contributed by atoms with Crippen LogP contribution in [0, 0.1) is 6.92 Å². The van der Waals surface area contributed by atoms with E-state index < -0.39 is 0 Å². The van der Waals surface area contributed by atoms with Gasteiger partial charge >= 0.3 is 6.09 Å². The number of fused-ring (bicyclic) bond motifs is 3. The third kappa shape index (κ3) is 2.05. The first-order valence-corrected chi connectivity index (χ1v) is 6.75. The molecule has 1 aliphatic carbocycles. The summed E-state index contributed by atoms with van der Waals surface area (Å²) in [5.41, 5.74) is 6.21. The van der Waals surface area contributed by atoms with E-state index in [1.54, 1.807) is 7.05 Å². The molecule has 0 fully saturated rings. The number of aryl methyl sites for hydroxylation is 1. The predicted molar refractivity (Wildman–Crippen MR) is 78.9 cm³/mol. The van der Waals surface area contributed by atoms with Crippen LogP contribution in [0.4, 0.5) is 4.79 Å². The molecule has 0 aliphatic heterocycles. The van der Waals surface area contributed by atoms with E-state index in [0.29, 0.717) is 6.61 Å². The molecule has 0 saturated carbocycles. The van der Waals surface area contributed by atoms with Gasteiger partial charge in [0, 0.05) is 13.0 Å². The molecule has 1 aliphatic rings.